The maximum atomic E-state index is 12.5. The lowest BCUT2D eigenvalue weighted by Gasteiger charge is -2.20. The van der Waals surface area contributed by atoms with Crippen LogP contribution in [-0.4, -0.2) is 23.8 Å². The predicted molar refractivity (Wildman–Crippen MR) is 110 cm³/mol. The third kappa shape index (κ3) is 5.94. The van der Waals surface area contributed by atoms with E-state index in [1.165, 1.54) is 12.5 Å². The fourth-order valence-electron chi connectivity index (χ4n) is 2.75. The van der Waals surface area contributed by atoms with Crippen molar-refractivity contribution in [3.8, 4) is 0 Å². The molecule has 6 nitrogen and oxygen atoms in total. The molecule has 2 aromatic carbocycles. The van der Waals surface area contributed by atoms with Crippen molar-refractivity contribution in [3.63, 3.8) is 0 Å². The molecule has 2 rings (SSSR count). The van der Waals surface area contributed by atoms with Gasteiger partial charge in [-0.05, 0) is 40.8 Å². The molecule has 1 atom stereocenters. The number of nitrogens with two attached hydrogens (primary N) is 1. The molecule has 0 unspecified atom stereocenters. The van der Waals surface area contributed by atoms with Crippen molar-refractivity contribution in [1.82, 2.24) is 5.32 Å². The van der Waals surface area contributed by atoms with Crippen LogP contribution in [0.1, 0.15) is 49.2 Å². The van der Waals surface area contributed by atoms with E-state index in [0.717, 1.165) is 5.56 Å². The van der Waals surface area contributed by atoms with E-state index in [1.807, 2.05) is 24.3 Å². The average Bonchev–Trinajstić information content (AvgIpc) is 2.60. The van der Waals surface area contributed by atoms with Crippen LogP contribution in [0.4, 0.5) is 5.69 Å². The van der Waals surface area contributed by atoms with E-state index in [0.29, 0.717) is 17.7 Å². The van der Waals surface area contributed by atoms with Crippen molar-refractivity contribution < 1.29 is 14.4 Å². The Morgan fingerprint density at radius 1 is 0.964 bits per heavy atom. The van der Waals surface area contributed by atoms with Crippen LogP contribution >= 0.6 is 0 Å². The Balaban J connectivity index is 2.07. The number of amides is 3. The van der Waals surface area contributed by atoms with E-state index in [9.17, 15) is 14.4 Å². The molecule has 0 bridgehead atoms. The second-order valence-electron chi connectivity index (χ2n) is 7.84. The molecule has 0 aliphatic carbocycles. The maximum Gasteiger partial charge on any atom is 0.251 e. The van der Waals surface area contributed by atoms with Gasteiger partial charge >= 0.3 is 0 Å². The molecule has 6 heteroatoms. The number of primary amides is 1. The van der Waals surface area contributed by atoms with E-state index >= 15 is 0 Å². The van der Waals surface area contributed by atoms with E-state index in [4.69, 9.17) is 5.73 Å². The normalized spacial score (nSPS) is 12.1. The smallest absolute Gasteiger partial charge is 0.251 e. The number of hydrogen-bond donors (Lipinski definition) is 3. The molecule has 0 saturated heterocycles. The molecular weight excluding hydrogens is 354 g/mol. The van der Waals surface area contributed by atoms with Gasteiger partial charge in [0.15, 0.2) is 0 Å². The predicted octanol–water partition coefficient (Wildman–Crippen LogP) is 2.77. The van der Waals surface area contributed by atoms with Crippen molar-refractivity contribution >= 4 is 23.4 Å². The lowest BCUT2D eigenvalue weighted by Crippen LogP contribution is -2.45. The summed E-state index contributed by atoms with van der Waals surface area (Å²) in [5.74, 6) is -1.18. The van der Waals surface area contributed by atoms with Crippen LogP contribution in [0.25, 0.3) is 0 Å². The SMILES string of the molecule is CC(=O)Nc1ccc(C(=O)N[C@H](Cc2ccc(C(C)(C)C)cc2)C(N)=O)cc1. The Morgan fingerprint density at radius 2 is 1.54 bits per heavy atom. The number of rotatable bonds is 6. The monoisotopic (exact) mass is 381 g/mol. The first-order valence-electron chi connectivity index (χ1n) is 9.13. The van der Waals surface area contributed by atoms with Crippen LogP contribution < -0.4 is 16.4 Å². The van der Waals surface area contributed by atoms with Crippen molar-refractivity contribution in [2.45, 2.75) is 45.6 Å². The summed E-state index contributed by atoms with van der Waals surface area (Å²) in [5, 5.41) is 5.32. The third-order valence-corrected chi connectivity index (χ3v) is 4.38. The highest BCUT2D eigenvalue weighted by molar-refractivity contribution is 5.98. The largest absolute Gasteiger partial charge is 0.368 e. The van der Waals surface area contributed by atoms with Crippen LogP contribution in [0.3, 0.4) is 0 Å². The van der Waals surface area contributed by atoms with Gasteiger partial charge in [0.25, 0.3) is 5.91 Å². The number of benzene rings is 2. The lowest BCUT2D eigenvalue weighted by atomic mass is 9.86. The minimum absolute atomic E-state index is 0.0409. The van der Waals surface area contributed by atoms with Gasteiger partial charge in [-0.15, -0.1) is 0 Å². The Labute approximate surface area is 165 Å². The number of carbonyl (C=O) groups is 3. The van der Waals surface area contributed by atoms with Crippen LogP contribution in [0.5, 0.6) is 0 Å². The molecule has 0 saturated carbocycles. The summed E-state index contributed by atoms with van der Waals surface area (Å²) in [6, 6.07) is 13.5. The minimum atomic E-state index is -0.817. The van der Waals surface area contributed by atoms with Crippen molar-refractivity contribution in [1.29, 1.82) is 0 Å². The van der Waals surface area contributed by atoms with E-state index < -0.39 is 17.9 Å². The summed E-state index contributed by atoms with van der Waals surface area (Å²) in [4.78, 5) is 35.4. The first kappa shape index (κ1) is 21.2. The van der Waals surface area contributed by atoms with E-state index in [2.05, 4.69) is 31.4 Å². The molecule has 0 heterocycles. The average molecular weight is 381 g/mol. The van der Waals surface area contributed by atoms with Gasteiger partial charge in [-0.3, -0.25) is 14.4 Å². The first-order valence-corrected chi connectivity index (χ1v) is 9.13. The Hall–Kier alpha value is -3.15. The van der Waals surface area contributed by atoms with Gasteiger partial charge in [-0.2, -0.15) is 0 Å². The molecule has 0 aromatic heterocycles. The Kier molecular flexibility index (Phi) is 6.57. The highest BCUT2D eigenvalue weighted by Crippen LogP contribution is 2.22. The zero-order valence-corrected chi connectivity index (χ0v) is 16.7. The highest BCUT2D eigenvalue weighted by Gasteiger charge is 2.20. The van der Waals surface area contributed by atoms with Crippen LogP contribution in [0.2, 0.25) is 0 Å². The second kappa shape index (κ2) is 8.69. The molecular formula is C22H27N3O3. The van der Waals surface area contributed by atoms with Gasteiger partial charge in [-0.25, -0.2) is 0 Å². The highest BCUT2D eigenvalue weighted by atomic mass is 16.2. The van der Waals surface area contributed by atoms with Crippen molar-refractivity contribution in [2.24, 2.45) is 5.73 Å². The van der Waals surface area contributed by atoms with Gasteiger partial charge < -0.3 is 16.4 Å². The molecule has 2 aromatic rings. The number of hydrogen-bond acceptors (Lipinski definition) is 3. The number of anilines is 1. The number of nitrogens with one attached hydrogen (secondary N) is 2. The fourth-order valence-corrected chi connectivity index (χ4v) is 2.75. The quantitative estimate of drug-likeness (QED) is 0.717. The summed E-state index contributed by atoms with van der Waals surface area (Å²) in [6.07, 6.45) is 0.315. The van der Waals surface area contributed by atoms with Crippen LogP contribution in [-0.2, 0) is 21.4 Å². The summed E-state index contributed by atoms with van der Waals surface area (Å²) in [7, 11) is 0. The second-order valence-corrected chi connectivity index (χ2v) is 7.84. The van der Waals surface area contributed by atoms with Crippen LogP contribution in [0, 0.1) is 0 Å². The zero-order valence-electron chi connectivity index (χ0n) is 16.7. The molecule has 0 aliphatic heterocycles. The zero-order chi connectivity index (χ0) is 20.9. The van der Waals surface area contributed by atoms with Crippen LogP contribution in [0.15, 0.2) is 48.5 Å². The standard InChI is InChI=1S/C22H27N3O3/c1-14(26)24-18-11-7-16(8-12-18)21(28)25-19(20(23)27)13-15-5-9-17(10-6-15)22(2,3)4/h5-12,19H,13H2,1-4H3,(H2,23,27)(H,24,26)(H,25,28)/t19-/m1/s1. The lowest BCUT2D eigenvalue weighted by molar-refractivity contribution is -0.119. The summed E-state index contributed by atoms with van der Waals surface area (Å²) in [6.45, 7) is 7.80. The van der Waals surface area contributed by atoms with Gasteiger partial charge in [0, 0.05) is 24.6 Å². The Morgan fingerprint density at radius 3 is 2.00 bits per heavy atom. The number of carbonyl (C=O) groups excluding carboxylic acids is 3. The topological polar surface area (TPSA) is 101 Å². The van der Waals surface area contributed by atoms with Gasteiger partial charge in [-0.1, -0.05) is 45.0 Å². The summed E-state index contributed by atoms with van der Waals surface area (Å²) in [5.41, 5.74) is 8.60. The Bertz CT molecular complexity index is 850. The van der Waals surface area contributed by atoms with E-state index in [-0.39, 0.29) is 11.3 Å². The molecule has 28 heavy (non-hydrogen) atoms. The molecule has 4 N–H and O–H groups in total. The molecule has 0 aliphatic rings. The van der Waals surface area contributed by atoms with E-state index in [1.54, 1.807) is 24.3 Å². The van der Waals surface area contributed by atoms with Crippen molar-refractivity contribution in [3.05, 3.63) is 65.2 Å². The molecule has 3 amide bonds. The van der Waals surface area contributed by atoms with Crippen molar-refractivity contribution in [2.75, 3.05) is 5.32 Å². The van der Waals surface area contributed by atoms with Gasteiger partial charge in [0.1, 0.15) is 6.04 Å². The molecule has 0 radical (unpaired) electrons. The van der Waals surface area contributed by atoms with Gasteiger partial charge in [0.2, 0.25) is 11.8 Å². The molecule has 0 spiro atoms. The first-order chi connectivity index (χ1) is 13.1. The fraction of sp³-hybridized carbons (Fsp3) is 0.318. The minimum Gasteiger partial charge on any atom is -0.368 e. The van der Waals surface area contributed by atoms with Gasteiger partial charge in [0.05, 0.1) is 0 Å². The molecule has 0 fully saturated rings. The summed E-state index contributed by atoms with van der Waals surface area (Å²) < 4.78 is 0. The third-order valence-electron chi connectivity index (χ3n) is 4.38. The molecule has 148 valence electrons. The summed E-state index contributed by atoms with van der Waals surface area (Å²) >= 11 is 0. The maximum absolute atomic E-state index is 12.5.